The number of hydrogen-bond donors (Lipinski definition) is 0. The fourth-order valence-electron chi connectivity index (χ4n) is 0. The van der Waals surface area contributed by atoms with Gasteiger partial charge in [-0.3, -0.25) is 0 Å². The summed E-state index contributed by atoms with van der Waals surface area (Å²) in [7, 11) is -3.63. The predicted octanol–water partition coefficient (Wildman–Crippen LogP) is -2.88. The molecule has 0 aromatic heterocycles. The molecule has 0 saturated carbocycles. The zero-order chi connectivity index (χ0) is 3.58. The maximum absolute atomic E-state index is 8.52. The maximum atomic E-state index is 8.52. The summed E-state index contributed by atoms with van der Waals surface area (Å²) in [5.41, 5.74) is 0. The van der Waals surface area contributed by atoms with Crippen molar-refractivity contribution in [2.75, 3.05) is 0 Å². The first-order chi connectivity index (χ1) is 1.73. The molecule has 5 heavy (non-hydrogen) atoms. The molecule has 0 unspecified atom stereocenters. The van der Waals surface area contributed by atoms with Crippen LogP contribution in [-0.2, 0) is 21.0 Å². The second-order valence-corrected chi connectivity index (χ2v) is 0.750. The van der Waals surface area contributed by atoms with Gasteiger partial charge in [0.15, 0.2) is 0 Å². The van der Waals surface area contributed by atoms with Crippen LogP contribution >= 0.6 is 0 Å². The fraction of sp³-hybridized carbons (Fsp3) is 0. The van der Waals surface area contributed by atoms with Crippen molar-refractivity contribution in [3.8, 4) is 0 Å². The van der Waals surface area contributed by atoms with Crippen molar-refractivity contribution in [3.05, 3.63) is 0 Å². The van der Waals surface area contributed by atoms with Gasteiger partial charge in [-0.05, 0) is 0 Å². The van der Waals surface area contributed by atoms with E-state index >= 15 is 0 Å². The number of hydrogen-bond acceptors (Lipinski definition) is 3. The first-order valence-electron chi connectivity index (χ1n) is 0.612. The van der Waals surface area contributed by atoms with E-state index in [0.29, 0.717) is 0 Å². The van der Waals surface area contributed by atoms with Crippen LogP contribution in [0.25, 0.3) is 0 Å². The van der Waals surface area contributed by atoms with Gasteiger partial charge in [-0.2, -0.15) is 0 Å². The molecule has 0 N–H and O–H groups in total. The van der Waals surface area contributed by atoms with Gasteiger partial charge in [0.1, 0.15) is 0 Å². The molecule has 0 aliphatic heterocycles. The van der Waals surface area contributed by atoms with Crippen LogP contribution in [0, 0.1) is 0 Å². The van der Waals surface area contributed by atoms with Gasteiger partial charge in [0.05, 0.1) is 0 Å². The summed E-state index contributed by atoms with van der Waals surface area (Å²) in [6.45, 7) is 0. The van der Waals surface area contributed by atoms with Crippen molar-refractivity contribution in [1.29, 1.82) is 0 Å². The van der Waals surface area contributed by atoms with Gasteiger partial charge in [-0.1, -0.05) is 0 Å². The monoisotopic (exact) mass is 134 g/mol. The van der Waals surface area contributed by atoms with Crippen LogP contribution in [-0.4, -0.2) is 9.17 Å². The van der Waals surface area contributed by atoms with E-state index in [2.05, 4.69) is 0 Å². The Morgan fingerprint density at radius 1 is 1.40 bits per heavy atom. The molecule has 5 heteroatoms. The molecule has 32 valence electrons. The quantitative estimate of drug-likeness (QED) is 0.335. The van der Waals surface area contributed by atoms with Crippen molar-refractivity contribution in [3.63, 3.8) is 0 Å². The second-order valence-electron chi connectivity index (χ2n) is 0.250. The summed E-state index contributed by atoms with van der Waals surface area (Å²) in [6, 6.07) is 0. The number of rotatable bonds is 0. The van der Waals surface area contributed by atoms with E-state index < -0.39 is 9.17 Å². The molecule has 0 heterocycles. The third kappa shape index (κ3) is 1500. The molecule has 0 bridgehead atoms. The minimum absolute atomic E-state index is 0. The molecule has 0 radical (unpaired) electrons. The predicted molar refractivity (Wildman–Crippen MR) is 6.44 cm³/mol. The van der Waals surface area contributed by atoms with Gasteiger partial charge in [-0.15, -0.1) is 0 Å². The molecule has 0 saturated heterocycles. The van der Waals surface area contributed by atoms with Crippen molar-refractivity contribution in [1.82, 2.24) is 0 Å². The molecule has 0 spiro atoms. The van der Waals surface area contributed by atoms with E-state index in [0.717, 1.165) is 0 Å². The zero-order valence-electron chi connectivity index (χ0n) is 2.04. The van der Waals surface area contributed by atoms with E-state index in [9.17, 15) is 0 Å². The maximum Gasteiger partial charge on any atom is 2.00 e. The van der Waals surface area contributed by atoms with Crippen LogP contribution in [0.5, 0.6) is 0 Å². The third-order valence-electron chi connectivity index (χ3n) is 0. The summed E-state index contributed by atoms with van der Waals surface area (Å²) < 4.78 is 8.52. The van der Waals surface area contributed by atoms with Crippen LogP contribution in [0.2, 0.25) is 0 Å². The Balaban J connectivity index is 0. The normalized spacial score (nSPS) is 4.80. The average Bonchev–Trinajstić information content (AvgIpc) is 0.811. The van der Waals surface area contributed by atoms with E-state index in [1.54, 1.807) is 0 Å². The topological polar surface area (TPSA) is 63.2 Å². The molecule has 0 amide bonds. The molecule has 0 aromatic carbocycles. The minimum Gasteiger partial charge on any atom is -0.672 e. The van der Waals surface area contributed by atoms with Crippen molar-refractivity contribution in [2.45, 2.75) is 0 Å². The summed E-state index contributed by atoms with van der Waals surface area (Å²) >= 11 is 0. The summed E-state index contributed by atoms with van der Waals surface area (Å²) in [4.78, 5) is 17.0. The molecule has 0 atom stereocenters. The largest absolute Gasteiger partial charge is 2.00 e. The van der Waals surface area contributed by atoms with E-state index in [1.807, 2.05) is 0 Å². The Hall–Kier alpha value is 0.110. The second kappa shape index (κ2) is 4.11. The van der Waals surface area contributed by atoms with Gasteiger partial charge in [-0.25, -0.2) is 0 Å². The van der Waals surface area contributed by atoms with Crippen molar-refractivity contribution < 1.29 is 30.5 Å². The Labute approximate surface area is 40.5 Å². The molecule has 0 fully saturated rings. The zero-order valence-corrected chi connectivity index (χ0v) is 4.03. The van der Waals surface area contributed by atoms with E-state index in [-0.39, 0.29) is 16.5 Å². The third-order valence-corrected chi connectivity index (χ3v) is 0. The van der Waals surface area contributed by atoms with Gasteiger partial charge >= 0.3 is 16.5 Å². The minimum atomic E-state index is -3.63. The van der Waals surface area contributed by atoms with Crippen molar-refractivity contribution in [2.24, 2.45) is 0 Å². The summed E-state index contributed by atoms with van der Waals surface area (Å²) in [6.07, 6.45) is 0. The Kier molecular flexibility index (Phi) is 7.34. The van der Waals surface area contributed by atoms with Crippen LogP contribution in [0.4, 0.5) is 0 Å². The first-order valence-corrected chi connectivity index (χ1v) is 1.84. The van der Waals surface area contributed by atoms with Gasteiger partial charge in [0.25, 0.3) is 0 Å². The van der Waals surface area contributed by atoms with Gasteiger partial charge in [0.2, 0.25) is 0 Å². The molecule has 0 rings (SSSR count). The van der Waals surface area contributed by atoms with Crippen molar-refractivity contribution >= 4 is 9.17 Å². The molecular formula is NiO3Si. The summed E-state index contributed by atoms with van der Waals surface area (Å²) in [5.74, 6) is 0. The molecule has 0 aliphatic carbocycles. The smallest absolute Gasteiger partial charge is 0.672 e. The van der Waals surface area contributed by atoms with E-state index in [1.165, 1.54) is 0 Å². The molecule has 0 aromatic rings. The van der Waals surface area contributed by atoms with Crippen LogP contribution in [0.15, 0.2) is 0 Å². The van der Waals surface area contributed by atoms with Crippen LogP contribution in [0.3, 0.4) is 0 Å². The first kappa shape index (κ1) is 8.92. The fourth-order valence-corrected chi connectivity index (χ4v) is 0. The summed E-state index contributed by atoms with van der Waals surface area (Å²) in [5, 5.41) is 0. The molecule has 3 nitrogen and oxygen atoms in total. The van der Waals surface area contributed by atoms with Gasteiger partial charge in [0, 0.05) is 9.17 Å². The van der Waals surface area contributed by atoms with E-state index in [4.69, 9.17) is 14.1 Å². The SMILES string of the molecule is O=[Si]([O-])[O-].[Ni+2]. The molecule has 0 aliphatic rings. The Morgan fingerprint density at radius 2 is 1.40 bits per heavy atom. The standard InChI is InChI=1S/Ni.O3Si/c;1-4(2)3/q+2;-2. The van der Waals surface area contributed by atoms with Crippen LogP contribution in [0.1, 0.15) is 0 Å². The Morgan fingerprint density at radius 3 is 1.40 bits per heavy atom. The average molecular weight is 135 g/mol. The molecular weight excluding hydrogens is 135 g/mol. The Bertz CT molecular complexity index is 29.9. The van der Waals surface area contributed by atoms with Crippen LogP contribution < -0.4 is 9.59 Å². The van der Waals surface area contributed by atoms with Gasteiger partial charge < -0.3 is 14.1 Å².